The normalized spacial score (nSPS) is 15.4. The number of ketones is 1. The molecule has 5 heteroatoms. The van der Waals surface area contributed by atoms with Gasteiger partial charge in [0.15, 0.2) is 5.76 Å². The molecule has 0 radical (unpaired) electrons. The van der Waals surface area contributed by atoms with Crippen molar-refractivity contribution in [2.45, 2.75) is 13.8 Å². The fraction of sp³-hybridized carbons (Fsp3) is 0.100. The van der Waals surface area contributed by atoms with Crippen molar-refractivity contribution in [1.29, 1.82) is 0 Å². The van der Waals surface area contributed by atoms with Crippen molar-refractivity contribution in [3.05, 3.63) is 82.4 Å². The summed E-state index contributed by atoms with van der Waals surface area (Å²) in [5, 5.41) is 14.2. The monoisotopic (exact) mass is 334 g/mol. The molecule has 0 aliphatic carbocycles. The van der Waals surface area contributed by atoms with Gasteiger partial charge >= 0.3 is 0 Å². The molecule has 1 aliphatic heterocycles. The molecule has 0 amide bonds. The van der Waals surface area contributed by atoms with Crippen LogP contribution in [0.25, 0.3) is 6.08 Å². The fourth-order valence-corrected chi connectivity index (χ4v) is 2.51. The van der Waals surface area contributed by atoms with Crippen LogP contribution in [0.1, 0.15) is 16.7 Å². The zero-order chi connectivity index (χ0) is 18.0. The van der Waals surface area contributed by atoms with Gasteiger partial charge < -0.3 is 20.0 Å². The molecule has 2 aromatic rings. The standard InChI is InChI=1S/C20H17NO4/c1-12-8-9-13(2)14(10-12)11-16-18(22)17(20(23)24)19(25-16)21-15-6-4-3-5-7-15/h3-11,21H,1-2H3,(H,23,24)/p-1/b16-11-. The molecule has 0 saturated heterocycles. The molecule has 0 fully saturated rings. The number of carbonyl (C=O) groups is 2. The molecule has 1 heterocycles. The Balaban J connectivity index is 1.96. The van der Waals surface area contributed by atoms with Crippen molar-refractivity contribution < 1.29 is 19.4 Å². The second-order valence-corrected chi connectivity index (χ2v) is 5.78. The van der Waals surface area contributed by atoms with Gasteiger partial charge in [-0.1, -0.05) is 42.0 Å². The Kier molecular flexibility index (Phi) is 4.39. The fourth-order valence-electron chi connectivity index (χ4n) is 2.51. The van der Waals surface area contributed by atoms with E-state index in [1.165, 1.54) is 0 Å². The number of allylic oxidation sites excluding steroid dienone is 1. The van der Waals surface area contributed by atoms with Crippen molar-refractivity contribution in [3.8, 4) is 0 Å². The summed E-state index contributed by atoms with van der Waals surface area (Å²) in [6, 6.07) is 14.7. The minimum absolute atomic E-state index is 0.0497. The summed E-state index contributed by atoms with van der Waals surface area (Å²) in [5.41, 5.74) is 2.87. The number of aryl methyl sites for hydroxylation is 2. The Bertz CT molecular complexity index is 911. The van der Waals surface area contributed by atoms with E-state index in [1.54, 1.807) is 30.3 Å². The first kappa shape index (κ1) is 16.5. The molecule has 126 valence electrons. The van der Waals surface area contributed by atoms with Crippen LogP contribution in [0.2, 0.25) is 0 Å². The lowest BCUT2D eigenvalue weighted by Gasteiger charge is -2.09. The van der Waals surface area contributed by atoms with Gasteiger partial charge in [-0.15, -0.1) is 0 Å². The Labute approximate surface area is 145 Å². The molecule has 25 heavy (non-hydrogen) atoms. The van der Waals surface area contributed by atoms with Crippen LogP contribution in [0, 0.1) is 13.8 Å². The van der Waals surface area contributed by atoms with E-state index in [0.29, 0.717) is 5.69 Å². The van der Waals surface area contributed by atoms with E-state index < -0.39 is 17.3 Å². The number of carbonyl (C=O) groups excluding carboxylic acids is 2. The summed E-state index contributed by atoms with van der Waals surface area (Å²) in [6.07, 6.45) is 1.55. The van der Waals surface area contributed by atoms with Gasteiger partial charge in [-0.3, -0.25) is 4.79 Å². The topological polar surface area (TPSA) is 78.5 Å². The number of nitrogens with one attached hydrogen (secondary N) is 1. The van der Waals surface area contributed by atoms with E-state index in [0.717, 1.165) is 16.7 Å². The van der Waals surface area contributed by atoms with E-state index in [4.69, 9.17) is 4.74 Å². The molecule has 0 spiro atoms. The quantitative estimate of drug-likeness (QED) is 0.686. The van der Waals surface area contributed by atoms with Gasteiger partial charge in [0.2, 0.25) is 11.7 Å². The van der Waals surface area contributed by atoms with Gasteiger partial charge in [-0.25, -0.2) is 0 Å². The first-order chi connectivity index (χ1) is 12.0. The molecular formula is C20H16NO4-. The van der Waals surface area contributed by atoms with Crippen LogP contribution >= 0.6 is 0 Å². The van der Waals surface area contributed by atoms with Crippen molar-refractivity contribution in [2.24, 2.45) is 0 Å². The van der Waals surface area contributed by atoms with Crippen LogP contribution in [0.15, 0.2) is 65.7 Å². The lowest BCUT2D eigenvalue weighted by Crippen LogP contribution is -2.28. The third-order valence-corrected chi connectivity index (χ3v) is 3.85. The maximum Gasteiger partial charge on any atom is 0.235 e. The number of Topliss-reactive ketones (excluding diaryl/α,β-unsaturated/α-hetero) is 1. The minimum Gasteiger partial charge on any atom is -0.544 e. The summed E-state index contributed by atoms with van der Waals surface area (Å²) in [7, 11) is 0. The van der Waals surface area contributed by atoms with E-state index in [2.05, 4.69) is 5.32 Å². The van der Waals surface area contributed by atoms with Crippen molar-refractivity contribution in [3.63, 3.8) is 0 Å². The molecule has 1 N–H and O–H groups in total. The number of rotatable bonds is 4. The molecule has 2 aromatic carbocycles. The van der Waals surface area contributed by atoms with Crippen molar-refractivity contribution in [1.82, 2.24) is 0 Å². The molecule has 5 nitrogen and oxygen atoms in total. The minimum atomic E-state index is -1.58. The van der Waals surface area contributed by atoms with Gasteiger partial charge in [-0.05, 0) is 43.2 Å². The Morgan fingerprint density at radius 3 is 2.52 bits per heavy atom. The number of benzene rings is 2. The number of aliphatic carboxylic acids is 1. The maximum absolute atomic E-state index is 12.4. The van der Waals surface area contributed by atoms with Crippen molar-refractivity contribution >= 4 is 23.5 Å². The van der Waals surface area contributed by atoms with E-state index in [9.17, 15) is 14.7 Å². The number of carboxylic acids is 1. The summed E-state index contributed by atoms with van der Waals surface area (Å²) in [4.78, 5) is 23.8. The average molecular weight is 334 g/mol. The highest BCUT2D eigenvalue weighted by atomic mass is 16.5. The number of anilines is 1. The van der Waals surface area contributed by atoms with Gasteiger partial charge in [0.05, 0.1) is 5.97 Å². The highest BCUT2D eigenvalue weighted by molar-refractivity contribution is 6.25. The summed E-state index contributed by atoms with van der Waals surface area (Å²) < 4.78 is 5.51. The van der Waals surface area contributed by atoms with Gasteiger partial charge in [0.1, 0.15) is 5.57 Å². The van der Waals surface area contributed by atoms with Gasteiger partial charge in [-0.2, -0.15) is 0 Å². The van der Waals surface area contributed by atoms with Gasteiger partial charge in [0.25, 0.3) is 0 Å². The van der Waals surface area contributed by atoms with E-state index in [-0.39, 0.29) is 11.6 Å². The summed E-state index contributed by atoms with van der Waals surface area (Å²) in [6.45, 7) is 3.84. The molecule has 0 atom stereocenters. The zero-order valence-electron chi connectivity index (χ0n) is 13.8. The third kappa shape index (κ3) is 3.45. The third-order valence-electron chi connectivity index (χ3n) is 3.85. The molecule has 0 unspecified atom stereocenters. The Morgan fingerprint density at radius 2 is 1.84 bits per heavy atom. The Morgan fingerprint density at radius 1 is 1.12 bits per heavy atom. The maximum atomic E-state index is 12.4. The van der Waals surface area contributed by atoms with Gasteiger partial charge in [0, 0.05) is 5.69 Å². The molecule has 1 aliphatic rings. The number of carboxylic acid groups (broad SMARTS) is 1. The number of para-hydroxylation sites is 1. The second-order valence-electron chi connectivity index (χ2n) is 5.78. The largest absolute Gasteiger partial charge is 0.544 e. The summed E-state index contributed by atoms with van der Waals surface area (Å²) in [5.74, 6) is -2.47. The number of hydrogen-bond acceptors (Lipinski definition) is 5. The molecule has 0 bridgehead atoms. The molecular weight excluding hydrogens is 318 g/mol. The van der Waals surface area contributed by atoms with Crippen LogP contribution in [0.4, 0.5) is 5.69 Å². The van der Waals surface area contributed by atoms with Crippen molar-refractivity contribution in [2.75, 3.05) is 5.32 Å². The average Bonchev–Trinajstić information content (AvgIpc) is 2.87. The first-order valence-corrected chi connectivity index (χ1v) is 7.75. The van der Waals surface area contributed by atoms with Crippen LogP contribution in [-0.4, -0.2) is 11.8 Å². The van der Waals surface area contributed by atoms with E-state index >= 15 is 0 Å². The van der Waals surface area contributed by atoms with Crippen LogP contribution < -0.4 is 10.4 Å². The number of ether oxygens (including phenoxy) is 1. The first-order valence-electron chi connectivity index (χ1n) is 7.75. The van der Waals surface area contributed by atoms with Crippen LogP contribution in [-0.2, 0) is 14.3 Å². The molecule has 0 aromatic heterocycles. The van der Waals surface area contributed by atoms with E-state index in [1.807, 2.05) is 38.1 Å². The lowest BCUT2D eigenvalue weighted by molar-refractivity contribution is -0.298. The molecule has 0 saturated carbocycles. The highest BCUT2D eigenvalue weighted by Gasteiger charge is 2.31. The zero-order valence-corrected chi connectivity index (χ0v) is 13.8. The predicted molar refractivity (Wildman–Crippen MR) is 92.1 cm³/mol. The highest BCUT2D eigenvalue weighted by Crippen LogP contribution is 2.28. The number of hydrogen-bond donors (Lipinski definition) is 1. The smallest absolute Gasteiger partial charge is 0.235 e. The molecule has 3 rings (SSSR count). The Hall–Kier alpha value is -3.34. The summed E-state index contributed by atoms with van der Waals surface area (Å²) >= 11 is 0. The second kappa shape index (κ2) is 6.65. The van der Waals surface area contributed by atoms with Crippen LogP contribution in [0.5, 0.6) is 0 Å². The lowest BCUT2D eigenvalue weighted by atomic mass is 10.0. The SMILES string of the molecule is Cc1ccc(C)c(/C=C2\OC(Nc3ccccc3)=C(C(=O)[O-])C2=O)c1. The van der Waals surface area contributed by atoms with Crippen LogP contribution in [0.3, 0.4) is 0 Å². The predicted octanol–water partition coefficient (Wildman–Crippen LogP) is 2.32.